The van der Waals surface area contributed by atoms with Crippen LogP contribution in [0.15, 0.2) is 101 Å². The molecule has 0 amide bonds. The number of nitro groups is 1. The van der Waals surface area contributed by atoms with Crippen molar-refractivity contribution in [3.05, 3.63) is 133 Å². The van der Waals surface area contributed by atoms with Gasteiger partial charge in [-0.25, -0.2) is 9.37 Å². The van der Waals surface area contributed by atoms with Crippen molar-refractivity contribution in [3.63, 3.8) is 0 Å². The van der Waals surface area contributed by atoms with E-state index in [4.69, 9.17) is 16.3 Å². The molecule has 0 fully saturated rings. The second kappa shape index (κ2) is 10.6. The Hall–Kier alpha value is -4.89. The molecule has 0 unspecified atom stereocenters. The van der Waals surface area contributed by atoms with Gasteiger partial charge in [0.1, 0.15) is 12.4 Å². The molecule has 0 spiro atoms. The Kier molecular flexibility index (Phi) is 6.92. The van der Waals surface area contributed by atoms with Gasteiger partial charge in [-0.05, 0) is 24.3 Å². The van der Waals surface area contributed by atoms with Crippen LogP contribution in [0.4, 0.5) is 10.1 Å². The third-order valence-corrected chi connectivity index (χ3v) is 5.96. The molecule has 5 aromatic rings. The number of ether oxygens (including phenoxy) is 1. The molecule has 10 heteroatoms. The average Bonchev–Trinajstić information content (AvgIpc) is 2.93. The van der Waals surface area contributed by atoms with Crippen LogP contribution in [0.3, 0.4) is 0 Å². The van der Waals surface area contributed by atoms with E-state index in [9.17, 15) is 19.3 Å². The van der Waals surface area contributed by atoms with Crippen LogP contribution >= 0.6 is 11.6 Å². The summed E-state index contributed by atoms with van der Waals surface area (Å²) in [6, 6.07) is 24.5. The smallest absolute Gasteiger partial charge is 0.313 e. The van der Waals surface area contributed by atoms with Crippen molar-refractivity contribution in [1.82, 2.24) is 9.66 Å². The maximum atomic E-state index is 14.0. The first-order valence-electron chi connectivity index (χ1n) is 11.4. The quantitative estimate of drug-likeness (QED) is 0.142. The highest BCUT2D eigenvalue weighted by Crippen LogP contribution is 2.36. The van der Waals surface area contributed by atoms with Crippen LogP contribution in [-0.2, 0) is 6.61 Å². The van der Waals surface area contributed by atoms with Crippen LogP contribution in [0.1, 0.15) is 11.1 Å². The Labute approximate surface area is 220 Å². The number of nitrogens with zero attached hydrogens (tertiary/aromatic N) is 4. The van der Waals surface area contributed by atoms with E-state index in [2.05, 4.69) is 10.1 Å². The number of para-hydroxylation sites is 1. The van der Waals surface area contributed by atoms with Crippen LogP contribution in [0.2, 0.25) is 5.02 Å². The zero-order valence-corrected chi connectivity index (χ0v) is 20.4. The monoisotopic (exact) mass is 528 g/mol. The Balaban J connectivity index is 1.55. The fraction of sp³-hybridized carbons (Fsp3) is 0.0357. The Morgan fingerprint density at radius 2 is 1.74 bits per heavy atom. The fourth-order valence-electron chi connectivity index (χ4n) is 3.85. The first kappa shape index (κ1) is 24.8. The molecular weight excluding hydrogens is 511 g/mol. The molecule has 0 saturated carbocycles. The summed E-state index contributed by atoms with van der Waals surface area (Å²) in [7, 11) is 0. The molecule has 188 valence electrons. The summed E-state index contributed by atoms with van der Waals surface area (Å²) in [6.45, 7) is -0.251. The second-order valence-electron chi connectivity index (χ2n) is 8.17. The van der Waals surface area contributed by atoms with Crippen molar-refractivity contribution in [3.8, 4) is 17.1 Å². The highest BCUT2D eigenvalue weighted by Gasteiger charge is 2.21. The minimum Gasteiger partial charge on any atom is -0.481 e. The van der Waals surface area contributed by atoms with E-state index in [1.54, 1.807) is 42.5 Å². The Morgan fingerprint density at radius 1 is 1.03 bits per heavy atom. The van der Waals surface area contributed by atoms with E-state index in [1.807, 2.05) is 18.2 Å². The summed E-state index contributed by atoms with van der Waals surface area (Å²) in [5.41, 5.74) is 0.809. The van der Waals surface area contributed by atoms with Crippen LogP contribution < -0.4 is 10.3 Å². The lowest BCUT2D eigenvalue weighted by Crippen LogP contribution is -2.20. The molecule has 0 aliphatic heterocycles. The van der Waals surface area contributed by atoms with Gasteiger partial charge < -0.3 is 4.74 Å². The molecule has 0 atom stereocenters. The maximum Gasteiger partial charge on any atom is 0.313 e. The summed E-state index contributed by atoms with van der Waals surface area (Å²) in [4.78, 5) is 29.1. The number of nitro benzene ring substituents is 1. The third-order valence-electron chi connectivity index (χ3n) is 5.68. The van der Waals surface area contributed by atoms with E-state index >= 15 is 0 Å². The van der Waals surface area contributed by atoms with Gasteiger partial charge in [0.25, 0.3) is 5.56 Å². The molecule has 0 aliphatic rings. The molecule has 0 N–H and O–H groups in total. The normalized spacial score (nSPS) is 11.2. The van der Waals surface area contributed by atoms with Gasteiger partial charge in [0.2, 0.25) is 5.75 Å². The lowest BCUT2D eigenvalue weighted by molar-refractivity contribution is -0.385. The molecule has 1 aromatic heterocycles. The first-order chi connectivity index (χ1) is 18.4. The topological polar surface area (TPSA) is 99.6 Å². The zero-order valence-electron chi connectivity index (χ0n) is 19.6. The number of halogens is 2. The van der Waals surface area contributed by atoms with Crippen molar-refractivity contribution in [2.75, 3.05) is 0 Å². The largest absolute Gasteiger partial charge is 0.481 e. The third kappa shape index (κ3) is 5.00. The molecule has 1 heterocycles. The minimum absolute atomic E-state index is 0.0655. The highest BCUT2D eigenvalue weighted by molar-refractivity contribution is 6.32. The molecule has 38 heavy (non-hydrogen) atoms. The average molecular weight is 529 g/mol. The SMILES string of the molecule is O=c1c2ccccc2nc(-c2ccccc2)n1N=Cc1cc(Cl)c(OCc2ccccc2F)c([N+](=O)[O-])c1. The van der Waals surface area contributed by atoms with Gasteiger partial charge in [0.15, 0.2) is 5.82 Å². The van der Waals surface area contributed by atoms with Gasteiger partial charge in [-0.15, -0.1) is 0 Å². The fourth-order valence-corrected chi connectivity index (χ4v) is 4.12. The summed E-state index contributed by atoms with van der Waals surface area (Å²) in [5, 5.41) is 16.4. The minimum atomic E-state index is -0.654. The van der Waals surface area contributed by atoms with Crippen molar-refractivity contribution < 1.29 is 14.1 Å². The van der Waals surface area contributed by atoms with E-state index in [0.717, 1.165) is 4.68 Å². The van der Waals surface area contributed by atoms with E-state index in [-0.39, 0.29) is 28.5 Å². The van der Waals surface area contributed by atoms with Crippen molar-refractivity contribution in [2.24, 2.45) is 5.10 Å². The summed E-state index contributed by atoms with van der Waals surface area (Å²) in [6.07, 6.45) is 1.28. The molecule has 0 radical (unpaired) electrons. The van der Waals surface area contributed by atoms with Crippen LogP contribution in [0.5, 0.6) is 5.75 Å². The number of fused-ring (bicyclic) bond motifs is 1. The number of hydrogen-bond donors (Lipinski definition) is 0. The zero-order chi connectivity index (χ0) is 26.6. The van der Waals surface area contributed by atoms with Crippen molar-refractivity contribution in [1.29, 1.82) is 0 Å². The number of benzene rings is 4. The highest BCUT2D eigenvalue weighted by atomic mass is 35.5. The van der Waals surface area contributed by atoms with Gasteiger partial charge in [-0.2, -0.15) is 9.78 Å². The lowest BCUT2D eigenvalue weighted by Gasteiger charge is -2.11. The van der Waals surface area contributed by atoms with Crippen LogP contribution in [0, 0.1) is 15.9 Å². The van der Waals surface area contributed by atoms with Gasteiger partial charge >= 0.3 is 5.69 Å². The van der Waals surface area contributed by atoms with Crippen LogP contribution in [-0.4, -0.2) is 20.8 Å². The molecule has 5 rings (SSSR count). The number of hydrogen-bond acceptors (Lipinski definition) is 6. The number of aromatic nitrogens is 2. The van der Waals surface area contributed by atoms with Gasteiger partial charge in [0, 0.05) is 22.8 Å². The predicted molar refractivity (Wildman–Crippen MR) is 143 cm³/mol. The maximum absolute atomic E-state index is 14.0. The Morgan fingerprint density at radius 3 is 2.50 bits per heavy atom. The van der Waals surface area contributed by atoms with Gasteiger partial charge in [0.05, 0.1) is 27.1 Å². The van der Waals surface area contributed by atoms with Crippen molar-refractivity contribution >= 4 is 34.4 Å². The first-order valence-corrected chi connectivity index (χ1v) is 11.8. The van der Waals surface area contributed by atoms with E-state index in [0.29, 0.717) is 22.3 Å². The predicted octanol–water partition coefficient (Wildman–Crippen LogP) is 6.23. The van der Waals surface area contributed by atoms with Crippen molar-refractivity contribution in [2.45, 2.75) is 6.61 Å². The number of rotatable bonds is 7. The summed E-state index contributed by atoms with van der Waals surface area (Å²) < 4.78 is 20.6. The van der Waals surface area contributed by atoms with E-state index < -0.39 is 22.0 Å². The summed E-state index contributed by atoms with van der Waals surface area (Å²) in [5.74, 6) is -0.402. The second-order valence-corrected chi connectivity index (χ2v) is 8.58. The molecule has 4 aromatic carbocycles. The lowest BCUT2D eigenvalue weighted by atomic mass is 10.2. The Bertz CT molecular complexity index is 1760. The van der Waals surface area contributed by atoms with Gasteiger partial charge in [-0.3, -0.25) is 14.9 Å². The molecule has 0 saturated heterocycles. The molecule has 0 aliphatic carbocycles. The standard InChI is InChI=1S/C28H18ClFN4O4/c29-22-14-18(15-25(34(36)37)26(22)38-17-20-10-4-6-12-23(20)30)16-31-33-27(19-8-2-1-3-9-19)32-24-13-7-5-11-21(24)28(33)35/h1-16H,17H2. The van der Waals surface area contributed by atoms with Gasteiger partial charge in [-0.1, -0.05) is 72.3 Å². The molecular formula is C28H18ClFN4O4. The summed E-state index contributed by atoms with van der Waals surface area (Å²) >= 11 is 6.34. The molecule has 8 nitrogen and oxygen atoms in total. The van der Waals surface area contributed by atoms with E-state index in [1.165, 1.54) is 36.5 Å². The van der Waals surface area contributed by atoms with Crippen LogP contribution in [0.25, 0.3) is 22.3 Å². The molecule has 0 bridgehead atoms.